The standard InChI is InChI=1S/C13H8Cl3N3/c14-10-5-11(15)13(19-12(10)16)18-7-9-3-1-8(6-17)2-4-9/h1-5H,7H2,(H,18,19). The van der Waals surface area contributed by atoms with Crippen LogP contribution in [0.2, 0.25) is 15.2 Å². The van der Waals surface area contributed by atoms with Gasteiger partial charge in [-0.15, -0.1) is 0 Å². The Bertz CT molecular complexity index is 633. The number of rotatable bonds is 3. The van der Waals surface area contributed by atoms with Crippen LogP contribution >= 0.6 is 34.8 Å². The number of benzene rings is 1. The Kier molecular flexibility index (Phi) is 4.49. The van der Waals surface area contributed by atoms with Crippen molar-refractivity contribution in [1.29, 1.82) is 5.26 Å². The van der Waals surface area contributed by atoms with E-state index in [1.54, 1.807) is 18.2 Å². The van der Waals surface area contributed by atoms with Crippen molar-refractivity contribution in [2.45, 2.75) is 6.54 Å². The first-order valence-electron chi connectivity index (χ1n) is 5.34. The molecule has 3 nitrogen and oxygen atoms in total. The van der Waals surface area contributed by atoms with E-state index in [9.17, 15) is 0 Å². The molecule has 96 valence electrons. The molecule has 0 aliphatic carbocycles. The zero-order valence-corrected chi connectivity index (χ0v) is 11.9. The van der Waals surface area contributed by atoms with Crippen molar-refractivity contribution in [3.63, 3.8) is 0 Å². The van der Waals surface area contributed by atoms with Gasteiger partial charge in [-0.05, 0) is 23.8 Å². The highest BCUT2D eigenvalue weighted by atomic mass is 35.5. The predicted molar refractivity (Wildman–Crippen MR) is 77.8 cm³/mol. The first kappa shape index (κ1) is 14.0. The summed E-state index contributed by atoms with van der Waals surface area (Å²) >= 11 is 17.6. The van der Waals surface area contributed by atoms with Crippen LogP contribution in [-0.4, -0.2) is 4.98 Å². The van der Waals surface area contributed by atoms with Crippen LogP contribution in [0.1, 0.15) is 11.1 Å². The van der Waals surface area contributed by atoms with Crippen molar-refractivity contribution in [3.8, 4) is 6.07 Å². The lowest BCUT2D eigenvalue weighted by atomic mass is 10.1. The molecule has 0 aliphatic heterocycles. The summed E-state index contributed by atoms with van der Waals surface area (Å²) in [6, 6.07) is 10.8. The van der Waals surface area contributed by atoms with Gasteiger partial charge in [-0.3, -0.25) is 0 Å². The van der Waals surface area contributed by atoms with Crippen LogP contribution in [-0.2, 0) is 6.54 Å². The van der Waals surface area contributed by atoms with Crippen molar-refractivity contribution in [1.82, 2.24) is 4.98 Å². The summed E-state index contributed by atoms with van der Waals surface area (Å²) in [4.78, 5) is 4.06. The summed E-state index contributed by atoms with van der Waals surface area (Å²) in [5.41, 5.74) is 1.62. The average Bonchev–Trinajstić information content (AvgIpc) is 2.42. The van der Waals surface area contributed by atoms with Gasteiger partial charge in [0.15, 0.2) is 0 Å². The van der Waals surface area contributed by atoms with Gasteiger partial charge in [0.2, 0.25) is 0 Å². The lowest BCUT2D eigenvalue weighted by Crippen LogP contribution is -2.02. The van der Waals surface area contributed by atoms with Gasteiger partial charge in [0.25, 0.3) is 0 Å². The molecule has 0 radical (unpaired) electrons. The van der Waals surface area contributed by atoms with Gasteiger partial charge in [0.05, 0.1) is 21.7 Å². The van der Waals surface area contributed by atoms with Crippen LogP contribution < -0.4 is 5.32 Å². The van der Waals surface area contributed by atoms with Gasteiger partial charge in [-0.1, -0.05) is 46.9 Å². The fourth-order valence-electron chi connectivity index (χ4n) is 1.45. The second kappa shape index (κ2) is 6.12. The molecule has 1 N–H and O–H groups in total. The number of nitriles is 1. The van der Waals surface area contributed by atoms with Gasteiger partial charge < -0.3 is 5.32 Å². The van der Waals surface area contributed by atoms with Crippen LogP contribution in [0.5, 0.6) is 0 Å². The lowest BCUT2D eigenvalue weighted by molar-refractivity contribution is 1.11. The highest BCUT2D eigenvalue weighted by molar-refractivity contribution is 6.42. The Morgan fingerprint density at radius 2 is 1.79 bits per heavy atom. The van der Waals surface area contributed by atoms with Gasteiger partial charge in [0, 0.05) is 6.54 Å². The topological polar surface area (TPSA) is 48.7 Å². The van der Waals surface area contributed by atoms with E-state index in [1.807, 2.05) is 12.1 Å². The maximum atomic E-state index is 8.71. The van der Waals surface area contributed by atoms with Crippen LogP contribution in [0, 0.1) is 11.3 Å². The fraction of sp³-hybridized carbons (Fsp3) is 0.0769. The van der Waals surface area contributed by atoms with Crippen molar-refractivity contribution in [2.75, 3.05) is 5.32 Å². The minimum absolute atomic E-state index is 0.202. The number of pyridine rings is 1. The van der Waals surface area contributed by atoms with E-state index < -0.39 is 0 Å². The number of nitrogens with one attached hydrogen (secondary N) is 1. The number of aromatic nitrogens is 1. The Balaban J connectivity index is 2.10. The number of hydrogen-bond acceptors (Lipinski definition) is 3. The summed E-state index contributed by atoms with van der Waals surface area (Å²) in [7, 11) is 0. The van der Waals surface area contributed by atoms with Crippen molar-refractivity contribution < 1.29 is 0 Å². The molecule has 0 spiro atoms. The van der Waals surface area contributed by atoms with Crippen molar-refractivity contribution >= 4 is 40.6 Å². The molecule has 19 heavy (non-hydrogen) atoms. The molecule has 1 aromatic heterocycles. The Morgan fingerprint density at radius 1 is 1.11 bits per heavy atom. The van der Waals surface area contributed by atoms with E-state index in [-0.39, 0.29) is 5.15 Å². The summed E-state index contributed by atoms with van der Waals surface area (Å²) in [5, 5.41) is 12.7. The molecule has 2 rings (SSSR count). The first-order chi connectivity index (χ1) is 9.10. The number of nitrogens with zero attached hydrogens (tertiary/aromatic N) is 2. The minimum Gasteiger partial charge on any atom is -0.365 e. The molecule has 0 fully saturated rings. The molecule has 0 saturated carbocycles. The van der Waals surface area contributed by atoms with Crippen LogP contribution in [0.4, 0.5) is 5.82 Å². The molecular formula is C13H8Cl3N3. The zero-order valence-electron chi connectivity index (χ0n) is 9.62. The smallest absolute Gasteiger partial charge is 0.150 e. The van der Waals surface area contributed by atoms with Gasteiger partial charge in [-0.25, -0.2) is 4.98 Å². The molecule has 0 aliphatic rings. The second-order valence-electron chi connectivity index (χ2n) is 3.75. The number of anilines is 1. The molecule has 0 amide bonds. The van der Waals surface area contributed by atoms with E-state index in [1.165, 1.54) is 0 Å². The van der Waals surface area contributed by atoms with Crippen LogP contribution in [0.3, 0.4) is 0 Å². The largest absolute Gasteiger partial charge is 0.365 e. The zero-order chi connectivity index (χ0) is 13.8. The molecule has 0 saturated heterocycles. The summed E-state index contributed by atoms with van der Waals surface area (Å²) in [6.07, 6.45) is 0. The van der Waals surface area contributed by atoms with E-state index in [4.69, 9.17) is 40.1 Å². The molecule has 0 unspecified atom stereocenters. The van der Waals surface area contributed by atoms with E-state index in [0.29, 0.717) is 28.0 Å². The third-order valence-electron chi connectivity index (χ3n) is 2.43. The van der Waals surface area contributed by atoms with Gasteiger partial charge in [-0.2, -0.15) is 5.26 Å². The Labute approximate surface area is 125 Å². The van der Waals surface area contributed by atoms with Crippen LogP contribution in [0.25, 0.3) is 0 Å². The fourth-order valence-corrected chi connectivity index (χ4v) is 2.02. The van der Waals surface area contributed by atoms with E-state index in [0.717, 1.165) is 5.56 Å². The molecule has 1 aromatic carbocycles. The van der Waals surface area contributed by atoms with Crippen molar-refractivity contribution in [3.05, 3.63) is 56.7 Å². The van der Waals surface area contributed by atoms with Crippen LogP contribution in [0.15, 0.2) is 30.3 Å². The number of hydrogen-bond donors (Lipinski definition) is 1. The molecule has 2 aromatic rings. The average molecular weight is 313 g/mol. The van der Waals surface area contributed by atoms with E-state index in [2.05, 4.69) is 16.4 Å². The quantitative estimate of drug-likeness (QED) is 0.847. The van der Waals surface area contributed by atoms with E-state index >= 15 is 0 Å². The summed E-state index contributed by atoms with van der Waals surface area (Å²) < 4.78 is 0. The first-order valence-corrected chi connectivity index (χ1v) is 6.48. The highest BCUT2D eigenvalue weighted by Gasteiger charge is 2.07. The second-order valence-corrected chi connectivity index (χ2v) is 4.93. The third-order valence-corrected chi connectivity index (χ3v) is 3.39. The van der Waals surface area contributed by atoms with Gasteiger partial charge >= 0.3 is 0 Å². The molecular weight excluding hydrogens is 305 g/mol. The number of halogens is 3. The predicted octanol–water partition coefficient (Wildman–Crippen LogP) is 4.53. The monoisotopic (exact) mass is 311 g/mol. The van der Waals surface area contributed by atoms with Gasteiger partial charge in [0.1, 0.15) is 11.0 Å². The van der Waals surface area contributed by atoms with Crippen molar-refractivity contribution in [2.24, 2.45) is 0 Å². The minimum atomic E-state index is 0.202. The summed E-state index contributed by atoms with van der Waals surface area (Å²) in [6.45, 7) is 0.524. The normalized spacial score (nSPS) is 10.0. The maximum absolute atomic E-state index is 8.71. The molecule has 1 heterocycles. The Hall–Kier alpha value is -1.47. The summed E-state index contributed by atoms with van der Waals surface area (Å²) in [5.74, 6) is 0.473. The lowest BCUT2D eigenvalue weighted by Gasteiger charge is -2.08. The Morgan fingerprint density at radius 3 is 2.42 bits per heavy atom. The SMILES string of the molecule is N#Cc1ccc(CNc2nc(Cl)c(Cl)cc2Cl)cc1. The molecule has 0 atom stereocenters. The third kappa shape index (κ3) is 3.51. The molecule has 0 bridgehead atoms. The highest BCUT2D eigenvalue weighted by Crippen LogP contribution is 2.29. The molecule has 6 heteroatoms. The maximum Gasteiger partial charge on any atom is 0.150 e.